The highest BCUT2D eigenvalue weighted by Crippen LogP contribution is 2.18. The van der Waals surface area contributed by atoms with Crippen molar-refractivity contribution in [1.29, 1.82) is 0 Å². The minimum atomic E-state index is -1.29. The number of aromatic amines is 1. The predicted octanol–water partition coefficient (Wildman–Crippen LogP) is -1.23. The number of aromatic nitrogens is 4. The van der Waals surface area contributed by atoms with Crippen LogP contribution < -0.4 is 11.3 Å². The Morgan fingerprint density at radius 3 is 2.95 bits per heavy atom. The topological polar surface area (TPSA) is 145 Å². The Morgan fingerprint density at radius 1 is 1.62 bits per heavy atom. The van der Waals surface area contributed by atoms with Gasteiger partial charge in [-0.1, -0.05) is 0 Å². The average Bonchev–Trinajstić information content (AvgIpc) is 2.82. The molecule has 2 atom stereocenters. The fourth-order valence-corrected chi connectivity index (χ4v) is 1.85. The summed E-state index contributed by atoms with van der Waals surface area (Å²) in [5.74, 6) is -0.606. The van der Waals surface area contributed by atoms with E-state index in [1.54, 1.807) is 0 Å². The van der Waals surface area contributed by atoms with Crippen LogP contribution in [0.1, 0.15) is 13.0 Å². The monoisotopic (exact) mass is 297 g/mol. The van der Waals surface area contributed by atoms with E-state index in [-0.39, 0.29) is 23.7 Å². The number of imidazole rings is 1. The number of nitrogen functional groups attached to an aromatic ring is 1. The van der Waals surface area contributed by atoms with Crippen LogP contribution in [0.15, 0.2) is 11.1 Å². The van der Waals surface area contributed by atoms with Crippen LogP contribution in [0.5, 0.6) is 0 Å². The van der Waals surface area contributed by atoms with E-state index >= 15 is 0 Å². The van der Waals surface area contributed by atoms with Gasteiger partial charge >= 0.3 is 5.97 Å². The molecular formula is C11H15N5O5. The number of nitrogens with one attached hydrogen (secondary N) is 1. The van der Waals surface area contributed by atoms with Gasteiger partial charge in [0.25, 0.3) is 5.56 Å². The van der Waals surface area contributed by atoms with Gasteiger partial charge in [-0.3, -0.25) is 14.6 Å². The first-order valence-electron chi connectivity index (χ1n) is 6.00. The van der Waals surface area contributed by atoms with Crippen LogP contribution in [0.3, 0.4) is 0 Å². The molecule has 0 bridgehead atoms. The van der Waals surface area contributed by atoms with Crippen LogP contribution in [0, 0.1) is 0 Å². The fraction of sp³-hybridized carbons (Fsp3) is 0.455. The average molecular weight is 297 g/mol. The Morgan fingerprint density at radius 2 is 2.33 bits per heavy atom. The molecule has 10 nitrogen and oxygen atoms in total. The highest BCUT2D eigenvalue weighted by atomic mass is 16.6. The summed E-state index contributed by atoms with van der Waals surface area (Å²) < 4.78 is 11.1. The van der Waals surface area contributed by atoms with Crippen LogP contribution in [-0.2, 0) is 14.3 Å². The zero-order chi connectivity index (χ0) is 15.6. The largest absolute Gasteiger partial charge is 0.463 e. The highest BCUT2D eigenvalue weighted by molar-refractivity contribution is 5.70. The van der Waals surface area contributed by atoms with Crippen LogP contribution in [0.25, 0.3) is 11.2 Å². The summed E-state index contributed by atoms with van der Waals surface area (Å²) in [4.78, 5) is 32.9. The molecule has 4 N–H and O–H groups in total. The van der Waals surface area contributed by atoms with Crippen molar-refractivity contribution in [1.82, 2.24) is 19.5 Å². The number of rotatable bonds is 5. The third-order valence-electron chi connectivity index (χ3n) is 2.84. The molecule has 0 aliphatic heterocycles. The maximum Gasteiger partial charge on any atom is 0.302 e. The van der Waals surface area contributed by atoms with Crippen LogP contribution in [0.4, 0.5) is 5.95 Å². The Bertz CT molecular complexity index is 709. The molecule has 0 radical (unpaired) electrons. The van der Waals surface area contributed by atoms with Gasteiger partial charge in [0.15, 0.2) is 17.5 Å². The number of esters is 1. The summed E-state index contributed by atoms with van der Waals surface area (Å²) >= 11 is 0. The molecule has 0 aliphatic carbocycles. The first kappa shape index (κ1) is 14.9. The number of ether oxygens (including phenoxy) is 2. The Hall–Kier alpha value is -2.46. The number of fused-ring (bicyclic) bond motifs is 1. The van der Waals surface area contributed by atoms with E-state index in [9.17, 15) is 14.7 Å². The van der Waals surface area contributed by atoms with Crippen molar-refractivity contribution >= 4 is 23.1 Å². The quantitative estimate of drug-likeness (QED) is 0.459. The summed E-state index contributed by atoms with van der Waals surface area (Å²) in [6.07, 6.45) is 0.00649. The van der Waals surface area contributed by atoms with Gasteiger partial charge in [0.05, 0.1) is 6.33 Å². The van der Waals surface area contributed by atoms with Crippen molar-refractivity contribution in [3.63, 3.8) is 0 Å². The minimum absolute atomic E-state index is 0.0559. The number of hydrogen-bond donors (Lipinski definition) is 3. The lowest BCUT2D eigenvalue weighted by Gasteiger charge is -2.22. The second-order valence-corrected chi connectivity index (χ2v) is 4.27. The van der Waals surface area contributed by atoms with Gasteiger partial charge in [0.1, 0.15) is 12.6 Å². The van der Waals surface area contributed by atoms with Crippen LogP contribution in [-0.4, -0.2) is 50.6 Å². The Kier molecular flexibility index (Phi) is 4.19. The molecule has 0 amide bonds. The van der Waals surface area contributed by atoms with E-state index in [4.69, 9.17) is 15.2 Å². The van der Waals surface area contributed by atoms with Crippen molar-refractivity contribution in [2.24, 2.45) is 0 Å². The molecule has 2 unspecified atom stereocenters. The lowest BCUT2D eigenvalue weighted by Crippen LogP contribution is -2.30. The van der Waals surface area contributed by atoms with Gasteiger partial charge in [-0.15, -0.1) is 0 Å². The zero-order valence-electron chi connectivity index (χ0n) is 11.4. The molecular weight excluding hydrogens is 282 g/mol. The Labute approximate surface area is 118 Å². The van der Waals surface area contributed by atoms with Crippen molar-refractivity contribution in [2.45, 2.75) is 19.3 Å². The van der Waals surface area contributed by atoms with E-state index < -0.39 is 23.9 Å². The molecule has 2 aromatic rings. The highest BCUT2D eigenvalue weighted by Gasteiger charge is 2.25. The second-order valence-electron chi connectivity index (χ2n) is 4.27. The van der Waals surface area contributed by atoms with Crippen molar-refractivity contribution < 1.29 is 19.4 Å². The summed E-state index contributed by atoms with van der Waals surface area (Å²) in [5, 5.41) is 9.89. The molecule has 0 saturated carbocycles. The number of H-pyrrole nitrogens is 1. The smallest absolute Gasteiger partial charge is 0.302 e. The molecule has 114 valence electrons. The first-order chi connectivity index (χ1) is 9.93. The lowest BCUT2D eigenvalue weighted by molar-refractivity contribution is -0.151. The van der Waals surface area contributed by atoms with E-state index in [0.29, 0.717) is 0 Å². The standard InChI is InChI=1S/C11H15N5O5/c1-5(17)21-3-6(10(19)20-2)16-4-13-7-8(16)14-11(12)15-9(7)18/h4,6,10,19H,3H2,1-2H3,(H3,12,14,15,18). The fourth-order valence-electron chi connectivity index (χ4n) is 1.85. The number of anilines is 1. The Balaban J connectivity index is 2.49. The van der Waals surface area contributed by atoms with E-state index in [1.807, 2.05) is 0 Å². The molecule has 0 saturated heterocycles. The lowest BCUT2D eigenvalue weighted by atomic mass is 10.3. The van der Waals surface area contributed by atoms with E-state index in [1.165, 1.54) is 24.9 Å². The SMILES string of the molecule is COC(O)C(COC(C)=O)n1cnc2c(=O)[nH]c(N)nc21. The molecule has 2 aromatic heterocycles. The molecule has 2 heterocycles. The van der Waals surface area contributed by atoms with Gasteiger partial charge in [0.2, 0.25) is 5.95 Å². The molecule has 21 heavy (non-hydrogen) atoms. The number of carbonyl (C=O) groups is 1. The normalized spacial score (nSPS) is 14.0. The van der Waals surface area contributed by atoms with Crippen LogP contribution >= 0.6 is 0 Å². The number of methoxy groups -OCH3 is 1. The number of hydrogen-bond acceptors (Lipinski definition) is 8. The molecule has 0 aromatic carbocycles. The number of aliphatic hydroxyl groups excluding tert-OH is 1. The second kappa shape index (κ2) is 5.89. The summed E-state index contributed by atoms with van der Waals surface area (Å²) in [5.41, 5.74) is 5.20. The van der Waals surface area contributed by atoms with Gasteiger partial charge in [-0.05, 0) is 0 Å². The number of nitrogens with zero attached hydrogens (tertiary/aromatic N) is 3. The zero-order valence-corrected chi connectivity index (χ0v) is 11.4. The van der Waals surface area contributed by atoms with Gasteiger partial charge in [-0.25, -0.2) is 4.98 Å². The van der Waals surface area contributed by atoms with Gasteiger partial charge < -0.3 is 24.9 Å². The molecule has 0 spiro atoms. The van der Waals surface area contributed by atoms with E-state index in [2.05, 4.69) is 15.0 Å². The number of carbonyl (C=O) groups excluding carboxylic acids is 1. The van der Waals surface area contributed by atoms with Gasteiger partial charge in [0, 0.05) is 14.0 Å². The third kappa shape index (κ3) is 3.01. The van der Waals surface area contributed by atoms with Crippen molar-refractivity contribution in [2.75, 3.05) is 19.5 Å². The number of nitrogens with two attached hydrogens (primary N) is 1. The summed E-state index contributed by atoms with van der Waals surface area (Å²) in [7, 11) is 1.29. The predicted molar refractivity (Wildman–Crippen MR) is 71.2 cm³/mol. The van der Waals surface area contributed by atoms with Gasteiger partial charge in [-0.2, -0.15) is 4.98 Å². The van der Waals surface area contributed by atoms with E-state index in [0.717, 1.165) is 0 Å². The summed E-state index contributed by atoms with van der Waals surface area (Å²) in [6.45, 7) is 1.06. The molecule has 2 rings (SSSR count). The first-order valence-corrected chi connectivity index (χ1v) is 6.00. The maximum atomic E-state index is 11.7. The summed E-state index contributed by atoms with van der Waals surface area (Å²) in [6, 6.07) is -0.822. The van der Waals surface area contributed by atoms with Crippen molar-refractivity contribution in [3.05, 3.63) is 16.7 Å². The van der Waals surface area contributed by atoms with Crippen molar-refractivity contribution in [3.8, 4) is 0 Å². The molecule has 0 aliphatic rings. The van der Waals surface area contributed by atoms with Crippen LogP contribution in [0.2, 0.25) is 0 Å². The maximum absolute atomic E-state index is 11.7. The third-order valence-corrected chi connectivity index (χ3v) is 2.84. The minimum Gasteiger partial charge on any atom is -0.463 e. The molecule has 10 heteroatoms. The number of aliphatic hydroxyl groups is 1. The molecule has 0 fully saturated rings.